The number of thioether (sulfide) groups is 1. The normalized spacial score (nSPS) is 18.9. The van der Waals surface area contributed by atoms with E-state index in [1.165, 1.54) is 22.6 Å². The zero-order chi connectivity index (χ0) is 15.7. The van der Waals surface area contributed by atoms with Gasteiger partial charge in [0.15, 0.2) is 0 Å². The van der Waals surface area contributed by atoms with Crippen molar-refractivity contribution in [1.29, 1.82) is 0 Å². The number of nitrogens with zero attached hydrogens (tertiary/aromatic N) is 1. The van der Waals surface area contributed by atoms with Crippen LogP contribution in [0.15, 0.2) is 18.2 Å². The van der Waals surface area contributed by atoms with E-state index in [1.807, 2.05) is 0 Å². The molecule has 0 bridgehead atoms. The second-order valence-electron chi connectivity index (χ2n) is 7.77. The second-order valence-corrected chi connectivity index (χ2v) is 9.57. The van der Waals surface area contributed by atoms with Gasteiger partial charge in [0, 0.05) is 41.4 Å². The van der Waals surface area contributed by atoms with Gasteiger partial charge in [0.05, 0.1) is 0 Å². The van der Waals surface area contributed by atoms with Crippen LogP contribution in [-0.4, -0.2) is 29.1 Å². The molecule has 21 heavy (non-hydrogen) atoms. The van der Waals surface area contributed by atoms with Crippen molar-refractivity contribution in [3.05, 3.63) is 29.3 Å². The fourth-order valence-electron chi connectivity index (χ4n) is 2.75. The highest BCUT2D eigenvalue weighted by Gasteiger charge is 2.28. The van der Waals surface area contributed by atoms with Crippen LogP contribution in [0.2, 0.25) is 0 Å². The lowest BCUT2D eigenvalue weighted by atomic mass is 10.0. The van der Waals surface area contributed by atoms with Gasteiger partial charge >= 0.3 is 0 Å². The highest BCUT2D eigenvalue weighted by molar-refractivity contribution is 8.00. The van der Waals surface area contributed by atoms with Crippen LogP contribution in [0.1, 0.15) is 45.7 Å². The minimum absolute atomic E-state index is 0.151. The molecule has 1 aromatic rings. The van der Waals surface area contributed by atoms with Crippen molar-refractivity contribution in [2.24, 2.45) is 0 Å². The van der Waals surface area contributed by atoms with Crippen LogP contribution in [0.5, 0.6) is 0 Å². The standard InChI is InChI=1S/C18H30N2S/c1-14-7-8-16(15(11-14)12-19-17(2,3)4)20-9-10-21-18(5,6)13-20/h7-8,11,19H,9-10,12-13H2,1-6H3. The van der Waals surface area contributed by atoms with E-state index < -0.39 is 0 Å². The zero-order valence-electron chi connectivity index (χ0n) is 14.4. The number of nitrogens with one attached hydrogen (secondary N) is 1. The molecule has 1 saturated heterocycles. The van der Waals surface area contributed by atoms with Crippen molar-refractivity contribution in [2.45, 2.75) is 58.4 Å². The first-order valence-corrected chi connectivity index (χ1v) is 8.88. The van der Waals surface area contributed by atoms with Gasteiger partial charge in [-0.3, -0.25) is 0 Å². The Kier molecular flexibility index (Phi) is 4.94. The van der Waals surface area contributed by atoms with E-state index in [1.54, 1.807) is 0 Å². The average Bonchev–Trinajstić information content (AvgIpc) is 2.34. The fraction of sp³-hybridized carbons (Fsp3) is 0.667. The van der Waals surface area contributed by atoms with E-state index in [0.29, 0.717) is 4.75 Å². The first-order chi connectivity index (χ1) is 9.66. The maximum atomic E-state index is 3.63. The molecule has 0 aromatic heterocycles. The molecular formula is C18H30N2S. The molecule has 118 valence electrons. The average molecular weight is 307 g/mol. The molecule has 0 unspecified atom stereocenters. The molecule has 0 atom stereocenters. The number of aryl methyl sites for hydroxylation is 1. The molecule has 0 spiro atoms. The van der Waals surface area contributed by atoms with Gasteiger partial charge in [-0.2, -0.15) is 11.8 Å². The van der Waals surface area contributed by atoms with Gasteiger partial charge in [0.25, 0.3) is 0 Å². The highest BCUT2D eigenvalue weighted by atomic mass is 32.2. The van der Waals surface area contributed by atoms with E-state index in [9.17, 15) is 0 Å². The third-order valence-electron chi connectivity index (χ3n) is 3.81. The zero-order valence-corrected chi connectivity index (χ0v) is 15.2. The summed E-state index contributed by atoms with van der Waals surface area (Å²) in [6.07, 6.45) is 0. The topological polar surface area (TPSA) is 15.3 Å². The number of benzene rings is 1. The number of hydrogen-bond acceptors (Lipinski definition) is 3. The van der Waals surface area contributed by atoms with E-state index >= 15 is 0 Å². The predicted molar refractivity (Wildman–Crippen MR) is 96.5 cm³/mol. The summed E-state index contributed by atoms with van der Waals surface area (Å²) in [5, 5.41) is 3.63. The molecule has 3 heteroatoms. The summed E-state index contributed by atoms with van der Waals surface area (Å²) >= 11 is 2.09. The van der Waals surface area contributed by atoms with Gasteiger partial charge in [-0.05, 0) is 53.2 Å². The monoisotopic (exact) mass is 306 g/mol. The number of anilines is 1. The van der Waals surface area contributed by atoms with Crippen LogP contribution in [0.3, 0.4) is 0 Å². The molecule has 0 aliphatic carbocycles. The first-order valence-electron chi connectivity index (χ1n) is 7.90. The molecule has 1 aromatic carbocycles. The summed E-state index contributed by atoms with van der Waals surface area (Å²) < 4.78 is 0.345. The van der Waals surface area contributed by atoms with Crippen molar-refractivity contribution < 1.29 is 0 Å². The van der Waals surface area contributed by atoms with Gasteiger partial charge in [-0.1, -0.05) is 17.7 Å². The van der Waals surface area contributed by atoms with Crippen molar-refractivity contribution >= 4 is 17.4 Å². The summed E-state index contributed by atoms with van der Waals surface area (Å²) in [6.45, 7) is 16.8. The van der Waals surface area contributed by atoms with E-state index in [2.05, 4.69) is 81.7 Å². The molecule has 1 aliphatic heterocycles. The number of rotatable bonds is 3. The van der Waals surface area contributed by atoms with Gasteiger partial charge < -0.3 is 10.2 Å². The summed E-state index contributed by atoms with van der Waals surface area (Å²) in [7, 11) is 0. The smallest absolute Gasteiger partial charge is 0.0412 e. The summed E-state index contributed by atoms with van der Waals surface area (Å²) in [5.41, 5.74) is 4.33. The first kappa shape index (κ1) is 16.7. The van der Waals surface area contributed by atoms with Gasteiger partial charge in [0.2, 0.25) is 0 Å². The quantitative estimate of drug-likeness (QED) is 0.900. The lowest BCUT2D eigenvalue weighted by molar-refractivity contribution is 0.424. The SMILES string of the molecule is Cc1ccc(N2CCSC(C)(C)C2)c(CNC(C)(C)C)c1. The van der Waals surface area contributed by atoms with Crippen molar-refractivity contribution in [2.75, 3.05) is 23.7 Å². The molecule has 0 radical (unpaired) electrons. The number of hydrogen-bond donors (Lipinski definition) is 1. The van der Waals surface area contributed by atoms with Crippen LogP contribution < -0.4 is 10.2 Å². The van der Waals surface area contributed by atoms with Crippen LogP contribution in [0.25, 0.3) is 0 Å². The molecule has 1 aliphatic rings. The molecule has 0 amide bonds. The molecule has 1 fully saturated rings. The largest absolute Gasteiger partial charge is 0.369 e. The molecule has 2 rings (SSSR count). The van der Waals surface area contributed by atoms with Crippen molar-refractivity contribution in [3.63, 3.8) is 0 Å². The third-order valence-corrected chi connectivity index (χ3v) is 5.11. The molecule has 1 heterocycles. The minimum atomic E-state index is 0.151. The summed E-state index contributed by atoms with van der Waals surface area (Å²) in [6, 6.07) is 6.88. The van der Waals surface area contributed by atoms with Gasteiger partial charge in [-0.15, -0.1) is 0 Å². The fourth-order valence-corrected chi connectivity index (χ4v) is 3.86. The molecule has 2 nitrogen and oxygen atoms in total. The maximum Gasteiger partial charge on any atom is 0.0412 e. The van der Waals surface area contributed by atoms with E-state index in [4.69, 9.17) is 0 Å². The molecule has 0 saturated carbocycles. The Hall–Kier alpha value is -0.670. The minimum Gasteiger partial charge on any atom is -0.369 e. The van der Waals surface area contributed by atoms with E-state index in [0.717, 1.165) is 19.6 Å². The Labute approximate surface area is 134 Å². The Balaban J connectivity index is 2.22. The van der Waals surface area contributed by atoms with Crippen LogP contribution >= 0.6 is 11.8 Å². The molecule has 1 N–H and O–H groups in total. The van der Waals surface area contributed by atoms with Crippen LogP contribution in [0.4, 0.5) is 5.69 Å². The van der Waals surface area contributed by atoms with E-state index in [-0.39, 0.29) is 5.54 Å². The van der Waals surface area contributed by atoms with Gasteiger partial charge in [-0.25, -0.2) is 0 Å². The predicted octanol–water partition coefficient (Wildman–Crippen LogP) is 4.21. The third kappa shape index (κ3) is 4.93. The highest BCUT2D eigenvalue weighted by Crippen LogP contribution is 2.34. The Morgan fingerprint density at radius 3 is 2.62 bits per heavy atom. The second kappa shape index (κ2) is 6.21. The van der Waals surface area contributed by atoms with Crippen LogP contribution in [0, 0.1) is 6.92 Å². The Bertz CT molecular complexity index is 488. The van der Waals surface area contributed by atoms with Crippen molar-refractivity contribution in [3.8, 4) is 0 Å². The summed E-state index contributed by atoms with van der Waals surface area (Å²) in [5.74, 6) is 1.22. The lowest BCUT2D eigenvalue weighted by Gasteiger charge is -2.40. The summed E-state index contributed by atoms with van der Waals surface area (Å²) in [4.78, 5) is 2.57. The lowest BCUT2D eigenvalue weighted by Crippen LogP contribution is -2.44. The van der Waals surface area contributed by atoms with Crippen molar-refractivity contribution in [1.82, 2.24) is 5.32 Å². The van der Waals surface area contributed by atoms with Gasteiger partial charge in [0.1, 0.15) is 0 Å². The molecular weight excluding hydrogens is 276 g/mol. The maximum absolute atomic E-state index is 3.63. The Morgan fingerprint density at radius 2 is 2.00 bits per heavy atom. The van der Waals surface area contributed by atoms with Crippen LogP contribution in [-0.2, 0) is 6.54 Å². The Morgan fingerprint density at radius 1 is 1.29 bits per heavy atom.